The maximum atomic E-state index is 13.4. The second-order valence-corrected chi connectivity index (χ2v) is 6.79. The fraction of sp³-hybridized carbons (Fsp3) is 0.600. The van der Waals surface area contributed by atoms with Gasteiger partial charge in [0.05, 0.1) is 0 Å². The van der Waals surface area contributed by atoms with Gasteiger partial charge in [-0.2, -0.15) is 0 Å². The van der Waals surface area contributed by atoms with Crippen molar-refractivity contribution < 1.29 is 4.39 Å². The summed E-state index contributed by atoms with van der Waals surface area (Å²) < 4.78 is 13.4. The summed E-state index contributed by atoms with van der Waals surface area (Å²) in [5.74, 6) is 1.87. The zero-order valence-corrected chi connectivity index (χ0v) is 11.6. The number of nitrogens with one attached hydrogen (secondary N) is 1. The first kappa shape index (κ1) is 12.5. The number of benzene rings is 1. The molecule has 3 rings (SSSR count). The third-order valence-corrected chi connectivity index (χ3v) is 5.27. The minimum Gasteiger partial charge on any atom is -0.307 e. The molecule has 1 N–H and O–H groups in total. The summed E-state index contributed by atoms with van der Waals surface area (Å²) in [7, 11) is 0. The Balaban J connectivity index is 1.76. The van der Waals surface area contributed by atoms with Crippen LogP contribution >= 0.6 is 11.8 Å². The molecule has 1 saturated carbocycles. The molecule has 1 aliphatic carbocycles. The minimum absolute atomic E-state index is 0.108. The van der Waals surface area contributed by atoms with Gasteiger partial charge in [-0.05, 0) is 61.1 Å². The van der Waals surface area contributed by atoms with E-state index in [0.717, 1.165) is 18.1 Å². The Kier molecular flexibility index (Phi) is 3.62. The summed E-state index contributed by atoms with van der Waals surface area (Å²) in [6, 6.07) is 6.21. The smallest absolute Gasteiger partial charge is 0.123 e. The lowest BCUT2D eigenvalue weighted by Gasteiger charge is -2.29. The number of hydrogen-bond donors (Lipinski definition) is 1. The zero-order valence-electron chi connectivity index (χ0n) is 10.8. The third kappa shape index (κ3) is 2.57. The highest BCUT2D eigenvalue weighted by atomic mass is 32.2. The van der Waals surface area contributed by atoms with Crippen molar-refractivity contribution in [1.29, 1.82) is 0 Å². The Hall–Kier alpha value is -0.540. The predicted octanol–water partition coefficient (Wildman–Crippen LogP) is 4.14. The van der Waals surface area contributed by atoms with Gasteiger partial charge in [-0.15, -0.1) is 11.8 Å². The van der Waals surface area contributed by atoms with E-state index in [9.17, 15) is 4.39 Å². The van der Waals surface area contributed by atoms with Crippen LogP contribution in [0.2, 0.25) is 0 Å². The molecule has 1 fully saturated rings. The van der Waals surface area contributed by atoms with Crippen molar-refractivity contribution in [1.82, 2.24) is 5.32 Å². The number of thioether (sulfide) groups is 1. The summed E-state index contributed by atoms with van der Waals surface area (Å²) in [5.41, 5.74) is 1.17. The molecule has 0 aromatic heterocycles. The van der Waals surface area contributed by atoms with Crippen molar-refractivity contribution in [3.63, 3.8) is 0 Å². The average molecular weight is 265 g/mol. The lowest BCUT2D eigenvalue weighted by atomic mass is 10.0. The van der Waals surface area contributed by atoms with E-state index in [1.54, 1.807) is 12.1 Å². The van der Waals surface area contributed by atoms with Crippen LogP contribution in [0.4, 0.5) is 4.39 Å². The summed E-state index contributed by atoms with van der Waals surface area (Å²) >= 11 is 1.85. The van der Waals surface area contributed by atoms with Crippen LogP contribution < -0.4 is 5.32 Å². The third-order valence-electron chi connectivity index (χ3n) is 4.14. The Bertz CT molecular complexity index is 435. The van der Waals surface area contributed by atoms with E-state index in [1.165, 1.54) is 29.7 Å². The quantitative estimate of drug-likeness (QED) is 0.862. The maximum absolute atomic E-state index is 13.4. The van der Waals surface area contributed by atoms with Gasteiger partial charge in [-0.1, -0.05) is 6.92 Å². The van der Waals surface area contributed by atoms with Gasteiger partial charge in [0.25, 0.3) is 0 Å². The second-order valence-electron chi connectivity index (χ2n) is 5.65. The van der Waals surface area contributed by atoms with Crippen molar-refractivity contribution in [2.24, 2.45) is 5.92 Å². The molecule has 1 aromatic rings. The van der Waals surface area contributed by atoms with Crippen molar-refractivity contribution in [2.45, 2.75) is 49.6 Å². The molecule has 1 aromatic carbocycles. The predicted molar refractivity (Wildman–Crippen MR) is 74.4 cm³/mol. The largest absolute Gasteiger partial charge is 0.307 e. The Morgan fingerprint density at radius 3 is 2.94 bits per heavy atom. The molecule has 0 radical (unpaired) electrons. The van der Waals surface area contributed by atoms with E-state index in [-0.39, 0.29) is 5.82 Å². The van der Waals surface area contributed by atoms with Crippen molar-refractivity contribution in [3.8, 4) is 0 Å². The molecule has 0 saturated heterocycles. The van der Waals surface area contributed by atoms with E-state index in [1.807, 2.05) is 17.8 Å². The van der Waals surface area contributed by atoms with Gasteiger partial charge in [0, 0.05) is 17.0 Å². The fourth-order valence-corrected chi connectivity index (χ4v) is 4.29. The van der Waals surface area contributed by atoms with Gasteiger partial charge in [0.15, 0.2) is 0 Å². The average Bonchev–Trinajstić information content (AvgIpc) is 2.76. The summed E-state index contributed by atoms with van der Waals surface area (Å²) in [6.45, 7) is 2.33. The van der Waals surface area contributed by atoms with Gasteiger partial charge >= 0.3 is 0 Å². The Morgan fingerprint density at radius 2 is 2.17 bits per heavy atom. The van der Waals surface area contributed by atoms with Crippen LogP contribution in [0.1, 0.15) is 44.2 Å². The minimum atomic E-state index is -0.108. The van der Waals surface area contributed by atoms with Crippen molar-refractivity contribution in [3.05, 3.63) is 29.6 Å². The molecular weight excluding hydrogens is 245 g/mol. The van der Waals surface area contributed by atoms with Crippen LogP contribution in [0.3, 0.4) is 0 Å². The topological polar surface area (TPSA) is 12.0 Å². The SMILES string of the molecule is CC1CCC(NC2CCSc3ccc(F)cc32)C1. The lowest BCUT2D eigenvalue weighted by molar-refractivity contribution is 0.415. The molecule has 0 spiro atoms. The fourth-order valence-electron chi connectivity index (χ4n) is 3.18. The van der Waals surface area contributed by atoms with Crippen LogP contribution in [0, 0.1) is 11.7 Å². The van der Waals surface area contributed by atoms with Gasteiger partial charge < -0.3 is 5.32 Å². The first-order chi connectivity index (χ1) is 8.72. The van der Waals surface area contributed by atoms with E-state index in [2.05, 4.69) is 12.2 Å². The number of rotatable bonds is 2. The molecule has 1 heterocycles. The second kappa shape index (κ2) is 5.22. The standard InChI is InChI=1S/C15H20FNS/c1-10-2-4-12(8-10)17-14-6-7-18-15-5-3-11(16)9-13(14)15/h3,5,9-10,12,14,17H,2,4,6-8H2,1H3. The van der Waals surface area contributed by atoms with Crippen LogP contribution in [0.15, 0.2) is 23.1 Å². The molecule has 2 aliphatic rings. The molecule has 3 heteroatoms. The van der Waals surface area contributed by atoms with Crippen LogP contribution in [0.25, 0.3) is 0 Å². The Labute approximate surface area is 113 Å². The first-order valence-corrected chi connectivity index (χ1v) is 7.89. The molecule has 98 valence electrons. The van der Waals surface area contributed by atoms with Gasteiger partial charge in [0.2, 0.25) is 0 Å². The molecule has 0 amide bonds. The normalized spacial score (nSPS) is 31.3. The highest BCUT2D eigenvalue weighted by Gasteiger charge is 2.27. The van der Waals surface area contributed by atoms with Gasteiger partial charge in [-0.25, -0.2) is 4.39 Å². The van der Waals surface area contributed by atoms with Crippen LogP contribution in [-0.4, -0.2) is 11.8 Å². The van der Waals surface area contributed by atoms with E-state index >= 15 is 0 Å². The van der Waals surface area contributed by atoms with Crippen molar-refractivity contribution >= 4 is 11.8 Å². The molecular formula is C15H20FNS. The van der Waals surface area contributed by atoms with Gasteiger partial charge in [0.1, 0.15) is 5.82 Å². The molecule has 1 nitrogen and oxygen atoms in total. The number of hydrogen-bond acceptors (Lipinski definition) is 2. The van der Waals surface area contributed by atoms with E-state index in [4.69, 9.17) is 0 Å². The molecule has 1 aliphatic heterocycles. The van der Waals surface area contributed by atoms with Crippen LogP contribution in [-0.2, 0) is 0 Å². The monoisotopic (exact) mass is 265 g/mol. The number of halogens is 1. The summed E-state index contributed by atoms with van der Waals surface area (Å²) in [5, 5.41) is 3.75. The Morgan fingerprint density at radius 1 is 1.28 bits per heavy atom. The highest BCUT2D eigenvalue weighted by Crippen LogP contribution is 2.38. The maximum Gasteiger partial charge on any atom is 0.123 e. The zero-order chi connectivity index (χ0) is 12.5. The molecule has 0 bridgehead atoms. The summed E-state index contributed by atoms with van der Waals surface area (Å²) in [6.07, 6.45) is 4.99. The molecule has 3 unspecified atom stereocenters. The van der Waals surface area contributed by atoms with E-state index in [0.29, 0.717) is 12.1 Å². The first-order valence-electron chi connectivity index (χ1n) is 6.90. The van der Waals surface area contributed by atoms with E-state index < -0.39 is 0 Å². The van der Waals surface area contributed by atoms with Crippen LogP contribution in [0.5, 0.6) is 0 Å². The molecule has 3 atom stereocenters. The lowest BCUT2D eigenvalue weighted by Crippen LogP contribution is -2.32. The molecule has 18 heavy (non-hydrogen) atoms. The number of fused-ring (bicyclic) bond motifs is 1. The van der Waals surface area contributed by atoms with Crippen molar-refractivity contribution in [2.75, 3.05) is 5.75 Å². The highest BCUT2D eigenvalue weighted by molar-refractivity contribution is 7.99. The summed E-state index contributed by atoms with van der Waals surface area (Å²) in [4.78, 5) is 1.26. The van der Waals surface area contributed by atoms with Gasteiger partial charge in [-0.3, -0.25) is 0 Å².